The Morgan fingerprint density at radius 1 is 0.605 bits per heavy atom. The van der Waals surface area contributed by atoms with Crippen molar-refractivity contribution in [2.45, 2.75) is 21.6 Å². The molecule has 1 saturated carbocycles. The number of fused-ring (bicyclic) bond motifs is 2. The molecule has 7 rings (SSSR count). The molecule has 0 aromatic heterocycles. The Balaban J connectivity index is 1.71. The average Bonchev–Trinajstić information content (AvgIpc) is 3.45. The molecule has 0 radical (unpaired) electrons. The van der Waals surface area contributed by atoms with E-state index in [2.05, 4.69) is 36.4 Å². The van der Waals surface area contributed by atoms with Crippen LogP contribution in [0.25, 0.3) is 11.1 Å². The van der Waals surface area contributed by atoms with Gasteiger partial charge in [0.1, 0.15) is 0 Å². The third-order valence-corrected chi connectivity index (χ3v) is 12.1. The van der Waals surface area contributed by atoms with Crippen molar-refractivity contribution in [1.29, 1.82) is 0 Å². The molecule has 0 saturated heterocycles. The number of esters is 1. The molecular weight excluding hydrogens is 595 g/mol. The van der Waals surface area contributed by atoms with Crippen LogP contribution < -0.4 is 4.46 Å². The van der Waals surface area contributed by atoms with Crippen LogP contribution in [0, 0.1) is 0 Å². The predicted molar refractivity (Wildman–Crippen MR) is 172 cm³/mol. The molecule has 43 heavy (non-hydrogen) atoms. The number of carbonyl (C=O) groups excluding carboxylic acids is 2. The van der Waals surface area contributed by atoms with E-state index in [1.54, 1.807) is 0 Å². The van der Waals surface area contributed by atoms with Crippen molar-refractivity contribution < 1.29 is 14.3 Å². The molecule has 210 valence electrons. The number of methoxy groups -OCH3 is 1. The number of allylic oxidation sites excluding steroid dienone is 2. The summed E-state index contributed by atoms with van der Waals surface area (Å²) < 4.78 is 5.66. The van der Waals surface area contributed by atoms with Crippen molar-refractivity contribution >= 4 is 42.3 Å². The van der Waals surface area contributed by atoms with Crippen molar-refractivity contribution in [3.8, 4) is 0 Å². The Kier molecular flexibility index (Phi) is 6.77. The third kappa shape index (κ3) is 3.80. The molecular formula is C39H30O3Se. The summed E-state index contributed by atoms with van der Waals surface area (Å²) in [4.78, 5) is 30.6. The number of rotatable bonds is 7. The van der Waals surface area contributed by atoms with Crippen LogP contribution in [-0.4, -0.2) is 33.8 Å². The Labute approximate surface area is 258 Å². The summed E-state index contributed by atoms with van der Waals surface area (Å²) in [6.45, 7) is 0. The zero-order valence-corrected chi connectivity index (χ0v) is 25.5. The van der Waals surface area contributed by atoms with Gasteiger partial charge in [0.15, 0.2) is 0 Å². The molecule has 5 aromatic carbocycles. The molecule has 0 heterocycles. The van der Waals surface area contributed by atoms with E-state index in [9.17, 15) is 4.79 Å². The van der Waals surface area contributed by atoms with Gasteiger partial charge in [0.05, 0.1) is 0 Å². The fraction of sp³-hybridized carbons (Fsp3) is 0.128. The summed E-state index contributed by atoms with van der Waals surface area (Å²) in [5, 5.41) is 0. The van der Waals surface area contributed by atoms with E-state index in [4.69, 9.17) is 4.74 Å². The topological polar surface area (TPSA) is 43.4 Å². The summed E-state index contributed by atoms with van der Waals surface area (Å²) in [5.41, 5.74) is 3.16. The SMILES string of the molecule is COC(=O)C1([Se]c2ccccc2)CC2(c3ccccc3)C(=O)C1(c1ccccc1)C(c1ccccc1)=C2c1ccccc1. The summed E-state index contributed by atoms with van der Waals surface area (Å²) in [7, 11) is 1.46. The Morgan fingerprint density at radius 3 is 1.56 bits per heavy atom. The van der Waals surface area contributed by atoms with Crippen LogP contribution in [0.5, 0.6) is 0 Å². The fourth-order valence-corrected chi connectivity index (χ4v) is 10.9. The van der Waals surface area contributed by atoms with Crippen LogP contribution in [0.15, 0.2) is 152 Å². The number of carbonyl (C=O) groups is 2. The Bertz CT molecular complexity index is 1820. The van der Waals surface area contributed by atoms with Crippen LogP contribution in [0.4, 0.5) is 0 Å². The number of hydrogen-bond donors (Lipinski definition) is 0. The van der Waals surface area contributed by atoms with E-state index in [0.717, 1.165) is 37.9 Å². The molecule has 0 spiro atoms. The zero-order chi connectivity index (χ0) is 29.5. The molecule has 0 amide bonds. The minimum atomic E-state index is -1.29. The van der Waals surface area contributed by atoms with Gasteiger partial charge in [-0.2, -0.15) is 0 Å². The van der Waals surface area contributed by atoms with E-state index in [1.807, 2.05) is 115 Å². The Morgan fingerprint density at radius 2 is 1.05 bits per heavy atom. The molecule has 3 nitrogen and oxygen atoms in total. The van der Waals surface area contributed by atoms with Crippen LogP contribution in [-0.2, 0) is 25.2 Å². The van der Waals surface area contributed by atoms with Gasteiger partial charge in [0, 0.05) is 0 Å². The van der Waals surface area contributed by atoms with Gasteiger partial charge in [-0.25, -0.2) is 0 Å². The van der Waals surface area contributed by atoms with Gasteiger partial charge in [0.2, 0.25) is 0 Å². The second kappa shape index (κ2) is 10.6. The monoisotopic (exact) mass is 626 g/mol. The first-order valence-corrected chi connectivity index (χ1v) is 16.2. The second-order valence-corrected chi connectivity index (χ2v) is 14.0. The predicted octanol–water partition coefficient (Wildman–Crippen LogP) is 6.82. The summed E-state index contributed by atoms with van der Waals surface area (Å²) >= 11 is -0.467. The van der Waals surface area contributed by atoms with Crippen molar-refractivity contribution in [2.75, 3.05) is 7.11 Å². The van der Waals surface area contributed by atoms with E-state index in [1.165, 1.54) is 7.11 Å². The van der Waals surface area contributed by atoms with Gasteiger partial charge in [0.25, 0.3) is 0 Å². The normalized spacial score (nSPS) is 24.3. The summed E-state index contributed by atoms with van der Waals surface area (Å²) in [6.07, 6.45) is 0.319. The number of Topliss-reactive ketones (excluding diaryl/α,β-unsaturated/α-hetero) is 1. The first-order chi connectivity index (χ1) is 21.1. The summed E-state index contributed by atoms with van der Waals surface area (Å²) in [6, 6.07) is 50.5. The van der Waals surface area contributed by atoms with Crippen molar-refractivity contribution in [1.82, 2.24) is 0 Å². The fourth-order valence-electron chi connectivity index (χ4n) is 7.50. The minimum absolute atomic E-state index is 0.0401. The van der Waals surface area contributed by atoms with Crippen LogP contribution in [0.1, 0.15) is 28.7 Å². The van der Waals surface area contributed by atoms with E-state index in [-0.39, 0.29) is 11.8 Å². The number of ketones is 1. The van der Waals surface area contributed by atoms with E-state index in [0.29, 0.717) is 6.42 Å². The van der Waals surface area contributed by atoms with Crippen LogP contribution in [0.3, 0.4) is 0 Å². The van der Waals surface area contributed by atoms with Gasteiger partial charge in [-0.1, -0.05) is 0 Å². The van der Waals surface area contributed by atoms with Crippen molar-refractivity contribution in [2.24, 2.45) is 0 Å². The molecule has 5 aromatic rings. The second-order valence-electron chi connectivity index (χ2n) is 11.1. The van der Waals surface area contributed by atoms with Gasteiger partial charge in [-0.05, 0) is 0 Å². The van der Waals surface area contributed by atoms with Crippen LogP contribution in [0.2, 0.25) is 4.31 Å². The van der Waals surface area contributed by atoms with E-state index < -0.39 is 30.1 Å². The number of hydrogen-bond acceptors (Lipinski definition) is 3. The molecule has 2 aliphatic carbocycles. The molecule has 0 aliphatic heterocycles. The van der Waals surface area contributed by atoms with Gasteiger partial charge >= 0.3 is 259 Å². The van der Waals surface area contributed by atoms with Crippen molar-refractivity contribution in [3.63, 3.8) is 0 Å². The molecule has 2 bridgehead atoms. The first kappa shape index (κ1) is 27.3. The molecule has 0 N–H and O–H groups in total. The molecule has 3 unspecified atom stereocenters. The number of benzene rings is 5. The zero-order valence-electron chi connectivity index (χ0n) is 23.8. The Hall–Kier alpha value is -4.50. The quantitative estimate of drug-likeness (QED) is 0.147. The van der Waals surface area contributed by atoms with E-state index >= 15 is 4.79 Å². The maximum atomic E-state index is 16.0. The molecule has 2 aliphatic rings. The van der Waals surface area contributed by atoms with Gasteiger partial charge in [-0.15, -0.1) is 0 Å². The first-order valence-electron chi connectivity index (χ1n) is 14.4. The standard InChI is InChI=1S/C39H30O3Se/c1-42-36(41)38(43-32-25-15-6-16-26-32)27-37(30-21-11-4-12-22-30)33(28-17-7-2-8-18-28)34(29-19-9-3-10-20-29)39(38,35(37)40)31-23-13-5-14-24-31/h2-26H,27H2,1H3. The molecule has 4 heteroatoms. The third-order valence-electron chi connectivity index (χ3n) is 9.05. The van der Waals surface area contributed by atoms with Gasteiger partial charge in [-0.3, -0.25) is 0 Å². The maximum absolute atomic E-state index is 16.0. The number of ether oxygens (including phenoxy) is 1. The molecule has 3 atom stereocenters. The van der Waals surface area contributed by atoms with Gasteiger partial charge < -0.3 is 0 Å². The van der Waals surface area contributed by atoms with Crippen LogP contribution >= 0.6 is 0 Å². The average molecular weight is 626 g/mol. The molecule has 1 fully saturated rings. The van der Waals surface area contributed by atoms with Crippen molar-refractivity contribution in [3.05, 3.63) is 174 Å². The summed E-state index contributed by atoms with van der Waals surface area (Å²) in [5.74, 6) is -0.301.